The Morgan fingerprint density at radius 3 is 1.58 bits per heavy atom. The first kappa shape index (κ1) is 27.9. The van der Waals surface area contributed by atoms with E-state index < -0.39 is 6.10 Å². The van der Waals surface area contributed by atoms with Gasteiger partial charge in [0.2, 0.25) is 0 Å². The van der Waals surface area contributed by atoms with Crippen LogP contribution in [0.15, 0.2) is 0 Å². The van der Waals surface area contributed by atoms with Gasteiger partial charge in [-0.3, -0.25) is 4.79 Å². The summed E-state index contributed by atoms with van der Waals surface area (Å²) in [5, 5.41) is 9.21. The summed E-state index contributed by atoms with van der Waals surface area (Å²) in [4.78, 5) is 11.4. The summed E-state index contributed by atoms with van der Waals surface area (Å²) >= 11 is 0. The van der Waals surface area contributed by atoms with Crippen LogP contribution in [-0.4, -0.2) is 30.3 Å². The van der Waals surface area contributed by atoms with E-state index in [0.29, 0.717) is 6.42 Å². The van der Waals surface area contributed by atoms with Gasteiger partial charge < -0.3 is 15.6 Å². The zero-order valence-corrected chi connectivity index (χ0v) is 17.9. The first-order chi connectivity index (χ1) is 12.2. The van der Waals surface area contributed by atoms with Crippen LogP contribution in [0.25, 0.3) is 0 Å². The van der Waals surface area contributed by atoms with Gasteiger partial charge in [-0.15, -0.1) is 12.4 Å². The molecule has 0 aromatic rings. The molecule has 1 atom stereocenters. The zero-order chi connectivity index (χ0) is 18.6. The topological polar surface area (TPSA) is 72.5 Å². The molecule has 0 saturated carbocycles. The smallest absolute Gasteiger partial charge is 0.305 e. The summed E-state index contributed by atoms with van der Waals surface area (Å²) in [6.45, 7) is 2.42. The van der Waals surface area contributed by atoms with Crippen LogP contribution >= 0.6 is 12.4 Å². The molecule has 0 aliphatic carbocycles. The maximum atomic E-state index is 11.4. The van der Waals surface area contributed by atoms with Gasteiger partial charge in [-0.05, 0) is 6.42 Å². The molecule has 4 nitrogen and oxygen atoms in total. The van der Waals surface area contributed by atoms with E-state index in [1.165, 1.54) is 83.5 Å². The summed E-state index contributed by atoms with van der Waals surface area (Å²) < 4.78 is 4.94. The third-order valence-corrected chi connectivity index (χ3v) is 4.69. The van der Waals surface area contributed by atoms with E-state index in [-0.39, 0.29) is 31.5 Å². The number of ether oxygens (including phenoxy) is 1. The highest BCUT2D eigenvalue weighted by atomic mass is 35.5. The highest BCUT2D eigenvalue weighted by Crippen LogP contribution is 2.13. The van der Waals surface area contributed by atoms with Crippen LogP contribution in [0.4, 0.5) is 0 Å². The van der Waals surface area contributed by atoms with Gasteiger partial charge in [-0.1, -0.05) is 96.8 Å². The van der Waals surface area contributed by atoms with Crippen molar-refractivity contribution in [3.63, 3.8) is 0 Å². The van der Waals surface area contributed by atoms with Crippen LogP contribution in [0.5, 0.6) is 0 Å². The Morgan fingerprint density at radius 2 is 1.19 bits per heavy atom. The summed E-state index contributed by atoms with van der Waals surface area (Å²) in [5.41, 5.74) is 5.25. The van der Waals surface area contributed by atoms with Gasteiger partial charge in [0.1, 0.15) is 12.7 Å². The highest BCUT2D eigenvalue weighted by molar-refractivity contribution is 5.85. The Bertz CT molecular complexity index is 290. The number of unbranched alkanes of at least 4 members (excludes halogenated alkanes) is 14. The maximum Gasteiger partial charge on any atom is 0.305 e. The van der Waals surface area contributed by atoms with E-state index >= 15 is 0 Å². The molecular formula is C21H44ClNO3. The number of carbonyl (C=O) groups excluding carboxylic acids is 1. The molecule has 26 heavy (non-hydrogen) atoms. The fourth-order valence-corrected chi connectivity index (χ4v) is 2.97. The number of nitrogens with two attached hydrogens (primary N) is 1. The van der Waals surface area contributed by atoms with Gasteiger partial charge in [-0.2, -0.15) is 0 Å². The molecule has 0 saturated heterocycles. The first-order valence-electron chi connectivity index (χ1n) is 10.7. The van der Waals surface area contributed by atoms with Crippen molar-refractivity contribution in [2.45, 2.75) is 116 Å². The lowest BCUT2D eigenvalue weighted by molar-refractivity contribution is -0.146. The van der Waals surface area contributed by atoms with Crippen molar-refractivity contribution >= 4 is 18.4 Å². The van der Waals surface area contributed by atoms with Crippen molar-refractivity contribution in [1.82, 2.24) is 0 Å². The van der Waals surface area contributed by atoms with E-state index in [2.05, 4.69) is 6.92 Å². The molecule has 0 heterocycles. The number of aliphatic hydroxyl groups is 1. The first-order valence-corrected chi connectivity index (χ1v) is 10.7. The second kappa shape index (κ2) is 22.7. The fourth-order valence-electron chi connectivity index (χ4n) is 2.97. The number of aliphatic hydroxyl groups excluding tert-OH is 1. The van der Waals surface area contributed by atoms with Crippen LogP contribution in [0.2, 0.25) is 0 Å². The molecule has 0 spiro atoms. The maximum absolute atomic E-state index is 11.4. The van der Waals surface area contributed by atoms with E-state index in [0.717, 1.165) is 12.8 Å². The SMILES string of the molecule is CCCCCCCCCCCCCCCCCC(=O)OCC(O)CN.Cl. The van der Waals surface area contributed by atoms with Crippen molar-refractivity contribution in [3.8, 4) is 0 Å². The molecule has 158 valence electrons. The number of halogens is 1. The van der Waals surface area contributed by atoms with E-state index in [1.54, 1.807) is 0 Å². The largest absolute Gasteiger partial charge is 0.463 e. The second-order valence-corrected chi connectivity index (χ2v) is 7.27. The van der Waals surface area contributed by atoms with Crippen molar-refractivity contribution in [1.29, 1.82) is 0 Å². The number of hydrogen-bond acceptors (Lipinski definition) is 4. The summed E-state index contributed by atoms with van der Waals surface area (Å²) in [6.07, 6.45) is 19.5. The molecule has 5 heteroatoms. The van der Waals surface area contributed by atoms with Crippen molar-refractivity contribution in [3.05, 3.63) is 0 Å². The summed E-state index contributed by atoms with van der Waals surface area (Å²) in [6, 6.07) is 0. The minimum atomic E-state index is -0.731. The van der Waals surface area contributed by atoms with Gasteiger partial charge in [0.15, 0.2) is 0 Å². The number of rotatable bonds is 19. The van der Waals surface area contributed by atoms with Crippen LogP contribution in [0, 0.1) is 0 Å². The molecule has 3 N–H and O–H groups in total. The molecule has 0 amide bonds. The van der Waals surface area contributed by atoms with Crippen molar-refractivity contribution in [2.75, 3.05) is 13.2 Å². The summed E-state index contributed by atoms with van der Waals surface area (Å²) in [5.74, 6) is -0.220. The molecule has 0 radical (unpaired) electrons. The molecule has 0 fully saturated rings. The van der Waals surface area contributed by atoms with Crippen LogP contribution in [-0.2, 0) is 9.53 Å². The molecule has 0 rings (SSSR count). The average molecular weight is 394 g/mol. The number of hydrogen-bond donors (Lipinski definition) is 2. The monoisotopic (exact) mass is 393 g/mol. The second-order valence-electron chi connectivity index (χ2n) is 7.27. The van der Waals surface area contributed by atoms with E-state index in [4.69, 9.17) is 10.5 Å². The minimum absolute atomic E-state index is 0. The Balaban J connectivity index is 0. The molecule has 1 unspecified atom stereocenters. The Morgan fingerprint density at radius 1 is 0.808 bits per heavy atom. The molecule has 0 aliphatic heterocycles. The third-order valence-electron chi connectivity index (χ3n) is 4.69. The molecular weight excluding hydrogens is 350 g/mol. The van der Waals surface area contributed by atoms with Gasteiger partial charge in [0.25, 0.3) is 0 Å². The van der Waals surface area contributed by atoms with Crippen molar-refractivity contribution < 1.29 is 14.6 Å². The van der Waals surface area contributed by atoms with Gasteiger partial charge in [0.05, 0.1) is 0 Å². The Kier molecular flexibility index (Phi) is 24.4. The molecule has 0 aromatic carbocycles. The predicted octanol–water partition coefficient (Wildman–Crippen LogP) is 5.53. The van der Waals surface area contributed by atoms with Crippen LogP contribution < -0.4 is 5.73 Å². The van der Waals surface area contributed by atoms with Gasteiger partial charge >= 0.3 is 5.97 Å². The lowest BCUT2D eigenvalue weighted by Gasteiger charge is -2.08. The lowest BCUT2D eigenvalue weighted by atomic mass is 10.0. The van der Waals surface area contributed by atoms with E-state index in [1.807, 2.05) is 0 Å². The predicted molar refractivity (Wildman–Crippen MR) is 113 cm³/mol. The van der Waals surface area contributed by atoms with Crippen molar-refractivity contribution in [2.24, 2.45) is 5.73 Å². The highest BCUT2D eigenvalue weighted by Gasteiger charge is 2.06. The van der Waals surface area contributed by atoms with Gasteiger partial charge in [-0.25, -0.2) is 0 Å². The van der Waals surface area contributed by atoms with Crippen LogP contribution in [0.3, 0.4) is 0 Å². The Hall–Kier alpha value is -0.320. The summed E-state index contributed by atoms with van der Waals surface area (Å²) in [7, 11) is 0. The lowest BCUT2D eigenvalue weighted by Crippen LogP contribution is -2.26. The Labute approximate surface area is 168 Å². The molecule has 0 aliphatic rings. The van der Waals surface area contributed by atoms with Crippen LogP contribution in [0.1, 0.15) is 110 Å². The fraction of sp³-hybridized carbons (Fsp3) is 0.952. The van der Waals surface area contributed by atoms with Gasteiger partial charge in [0, 0.05) is 13.0 Å². The third kappa shape index (κ3) is 21.7. The zero-order valence-electron chi connectivity index (χ0n) is 17.1. The molecule has 0 bridgehead atoms. The number of esters is 1. The quantitative estimate of drug-likeness (QED) is 0.223. The van der Waals surface area contributed by atoms with E-state index in [9.17, 15) is 9.90 Å². The number of carbonyl (C=O) groups is 1. The normalized spacial score (nSPS) is 11.8. The minimum Gasteiger partial charge on any atom is -0.463 e. The molecule has 0 aromatic heterocycles. The average Bonchev–Trinajstić information content (AvgIpc) is 2.62. The standard InChI is InChI=1S/C21H43NO3.ClH/c1-2-3-4-5-6-7-8-9-10-11-12-13-14-15-16-17-21(24)25-19-20(23)18-22;/h20,23H,2-19,22H2,1H3;1H.